The number of hydrogen-bond donors (Lipinski definition) is 0. The van der Waals surface area contributed by atoms with Crippen LogP contribution in [0, 0.1) is 0 Å². The Hall–Kier alpha value is -0.535. The smallest absolute Gasteiger partial charge is 0.159 e. The summed E-state index contributed by atoms with van der Waals surface area (Å²) in [6.45, 7) is 0. The maximum atomic E-state index is 2.18. The van der Waals surface area contributed by atoms with E-state index in [4.69, 9.17) is 0 Å². The van der Waals surface area contributed by atoms with Crippen molar-refractivity contribution in [2.24, 2.45) is 0 Å². The van der Waals surface area contributed by atoms with Crippen molar-refractivity contribution in [2.75, 3.05) is 0 Å². The normalized spacial score (nSPS) is 9.82. The van der Waals surface area contributed by atoms with Gasteiger partial charge in [-0.1, -0.05) is 24.3 Å². The van der Waals surface area contributed by atoms with Gasteiger partial charge < -0.3 is 0 Å². The average molecular weight is 178 g/mol. The number of hydrogen-bond acceptors (Lipinski definition) is 2. The van der Waals surface area contributed by atoms with Crippen LogP contribution >= 0.6 is 22.7 Å². The van der Waals surface area contributed by atoms with Crippen molar-refractivity contribution in [1.29, 1.82) is 0 Å². The second-order valence-electron chi connectivity index (χ2n) is 2.34. The van der Waals surface area contributed by atoms with Gasteiger partial charge >= 0.3 is 0 Å². The van der Waals surface area contributed by atoms with Crippen molar-refractivity contribution in [2.45, 2.75) is 0 Å². The zero-order valence-corrected chi connectivity index (χ0v) is 7.62. The standard InChI is InChI=1S/C8H7BS2/c1-3-7(10-5-1)9-8-4-2-6-11-8/h1-6,9H. The molecule has 0 atom stereocenters. The van der Waals surface area contributed by atoms with Gasteiger partial charge in [0.05, 0.1) is 0 Å². The van der Waals surface area contributed by atoms with E-state index in [1.54, 1.807) is 0 Å². The predicted molar refractivity (Wildman–Crippen MR) is 55.1 cm³/mol. The minimum absolute atomic E-state index is 1.11. The van der Waals surface area contributed by atoms with Crippen molar-refractivity contribution in [3.63, 3.8) is 0 Å². The van der Waals surface area contributed by atoms with Gasteiger partial charge in [-0.2, -0.15) is 22.7 Å². The highest BCUT2D eigenvalue weighted by molar-refractivity contribution is 7.27. The van der Waals surface area contributed by atoms with Gasteiger partial charge in [0.2, 0.25) is 7.28 Å². The van der Waals surface area contributed by atoms with Gasteiger partial charge in [-0.15, -0.1) is 0 Å². The number of thiophene rings is 2. The Morgan fingerprint density at radius 2 is 1.45 bits per heavy atom. The quantitative estimate of drug-likeness (QED) is 0.606. The molecule has 0 aliphatic rings. The van der Waals surface area contributed by atoms with Crippen molar-refractivity contribution in [3.05, 3.63) is 35.0 Å². The largest absolute Gasteiger partial charge is 0.218 e. The maximum Gasteiger partial charge on any atom is 0.218 e. The first-order valence-electron chi connectivity index (χ1n) is 3.50. The SMILES string of the molecule is B(c1cccs1)c1cccs1. The van der Waals surface area contributed by atoms with Crippen molar-refractivity contribution >= 4 is 39.5 Å². The highest BCUT2D eigenvalue weighted by Gasteiger charge is 1.99. The van der Waals surface area contributed by atoms with Crippen LogP contribution in [0.15, 0.2) is 35.0 Å². The van der Waals surface area contributed by atoms with Gasteiger partial charge in [0, 0.05) is 0 Å². The Morgan fingerprint density at radius 3 is 1.82 bits per heavy atom. The van der Waals surface area contributed by atoms with Crippen LogP contribution in [0.1, 0.15) is 0 Å². The van der Waals surface area contributed by atoms with Gasteiger partial charge in [-0.05, 0) is 20.3 Å². The summed E-state index contributed by atoms with van der Waals surface area (Å²) < 4.78 is 2.90. The van der Waals surface area contributed by atoms with Crippen molar-refractivity contribution in [1.82, 2.24) is 0 Å². The van der Waals surface area contributed by atoms with Crippen LogP contribution in [-0.4, -0.2) is 7.28 Å². The first kappa shape index (κ1) is 7.13. The molecule has 0 aliphatic heterocycles. The lowest BCUT2D eigenvalue weighted by Gasteiger charge is -1.87. The molecular formula is C8H7BS2. The maximum absolute atomic E-state index is 2.18. The first-order chi connectivity index (χ1) is 5.45. The van der Waals surface area contributed by atoms with Gasteiger partial charge in [0.25, 0.3) is 0 Å². The molecule has 0 aromatic carbocycles. The van der Waals surface area contributed by atoms with E-state index in [1.165, 1.54) is 9.55 Å². The van der Waals surface area contributed by atoms with Crippen LogP contribution in [0.4, 0.5) is 0 Å². The van der Waals surface area contributed by atoms with E-state index in [-0.39, 0.29) is 0 Å². The van der Waals surface area contributed by atoms with E-state index in [2.05, 4.69) is 35.0 Å². The van der Waals surface area contributed by atoms with E-state index in [9.17, 15) is 0 Å². The third-order valence-corrected chi connectivity index (χ3v) is 3.26. The van der Waals surface area contributed by atoms with Gasteiger partial charge in [-0.3, -0.25) is 0 Å². The lowest BCUT2D eigenvalue weighted by molar-refractivity contribution is 2.05. The van der Waals surface area contributed by atoms with Crippen molar-refractivity contribution < 1.29 is 0 Å². The molecule has 2 heterocycles. The van der Waals surface area contributed by atoms with Crippen molar-refractivity contribution in [3.8, 4) is 0 Å². The molecule has 0 amide bonds. The van der Waals surface area contributed by atoms with Crippen LogP contribution in [0.3, 0.4) is 0 Å². The van der Waals surface area contributed by atoms with E-state index in [0.717, 1.165) is 7.28 Å². The van der Waals surface area contributed by atoms with Crippen LogP contribution in [0.5, 0.6) is 0 Å². The van der Waals surface area contributed by atoms with Crippen LogP contribution in [-0.2, 0) is 0 Å². The molecule has 0 aliphatic carbocycles. The molecule has 0 saturated carbocycles. The molecule has 0 bridgehead atoms. The van der Waals surface area contributed by atoms with Crippen LogP contribution in [0.2, 0.25) is 0 Å². The molecule has 11 heavy (non-hydrogen) atoms. The van der Waals surface area contributed by atoms with Crippen LogP contribution in [0.25, 0.3) is 0 Å². The monoisotopic (exact) mass is 178 g/mol. The van der Waals surface area contributed by atoms with Gasteiger partial charge in [0.15, 0.2) is 0 Å². The van der Waals surface area contributed by atoms with E-state index >= 15 is 0 Å². The number of rotatable bonds is 2. The fourth-order valence-corrected chi connectivity index (χ4v) is 2.55. The topological polar surface area (TPSA) is 0 Å². The molecule has 0 spiro atoms. The van der Waals surface area contributed by atoms with E-state index in [1.807, 2.05) is 22.7 Å². The summed E-state index contributed by atoms with van der Waals surface area (Å²) in [6.07, 6.45) is 0. The molecule has 54 valence electrons. The molecule has 0 unspecified atom stereocenters. The molecular weight excluding hydrogens is 171 g/mol. The Labute approximate surface area is 74.8 Å². The van der Waals surface area contributed by atoms with E-state index < -0.39 is 0 Å². The van der Waals surface area contributed by atoms with Crippen LogP contribution < -0.4 is 9.55 Å². The molecule has 0 saturated heterocycles. The Bertz CT molecular complexity index is 264. The molecule has 2 aromatic heterocycles. The molecule has 2 rings (SSSR count). The highest BCUT2D eigenvalue weighted by atomic mass is 32.1. The molecule has 2 aromatic rings. The first-order valence-corrected chi connectivity index (χ1v) is 5.26. The summed E-state index contributed by atoms with van der Waals surface area (Å²) in [7, 11) is 1.11. The second kappa shape index (κ2) is 3.24. The zero-order valence-electron chi connectivity index (χ0n) is 5.99. The predicted octanol–water partition coefficient (Wildman–Crippen LogP) is 1.20. The third-order valence-electron chi connectivity index (χ3n) is 1.51. The molecule has 0 nitrogen and oxygen atoms in total. The average Bonchev–Trinajstić information content (AvgIpc) is 2.60. The minimum Gasteiger partial charge on any atom is -0.159 e. The summed E-state index contributed by atoms with van der Waals surface area (Å²) >= 11 is 3.66. The fraction of sp³-hybridized carbons (Fsp3) is 0. The Balaban J connectivity index is 2.14. The second-order valence-corrected chi connectivity index (χ2v) is 4.40. The molecule has 0 fully saturated rings. The summed E-state index contributed by atoms with van der Waals surface area (Å²) in [6, 6.07) is 8.58. The molecule has 0 radical (unpaired) electrons. The van der Waals surface area contributed by atoms with E-state index in [0.29, 0.717) is 0 Å². The van der Waals surface area contributed by atoms with Gasteiger partial charge in [0.1, 0.15) is 0 Å². The Kier molecular flexibility index (Phi) is 2.10. The summed E-state index contributed by atoms with van der Waals surface area (Å²) in [5.41, 5.74) is 0. The highest BCUT2D eigenvalue weighted by Crippen LogP contribution is 1.95. The third kappa shape index (κ3) is 1.73. The lowest BCUT2D eigenvalue weighted by atomic mass is 9.75. The minimum atomic E-state index is 1.11. The molecule has 0 N–H and O–H groups in total. The Morgan fingerprint density at radius 1 is 0.909 bits per heavy atom. The zero-order chi connectivity index (χ0) is 7.52. The summed E-state index contributed by atoms with van der Waals surface area (Å²) in [4.78, 5) is 0. The lowest BCUT2D eigenvalue weighted by Crippen LogP contribution is -2.20. The summed E-state index contributed by atoms with van der Waals surface area (Å²) in [5, 5.41) is 4.26. The van der Waals surface area contributed by atoms with Gasteiger partial charge in [-0.25, -0.2) is 0 Å². The summed E-state index contributed by atoms with van der Waals surface area (Å²) in [5.74, 6) is 0. The fourth-order valence-electron chi connectivity index (χ4n) is 0.998. The molecule has 3 heteroatoms.